The van der Waals surface area contributed by atoms with E-state index in [9.17, 15) is 4.79 Å². The Morgan fingerprint density at radius 1 is 0.943 bits per heavy atom. The lowest BCUT2D eigenvalue weighted by atomic mass is 10.1. The van der Waals surface area contributed by atoms with Crippen molar-refractivity contribution in [1.29, 1.82) is 0 Å². The standard InChI is InChI=1S/C30H29N3O2/c1-21-15-17-24(18-16-21)30(34)31-22(2)29-32-26-12-5-6-13-27(26)33(29)19-8-20-35-28-14-7-10-23-9-3-4-11-25(23)28/h3-7,9-18,22H,8,19-20H2,1-2H3,(H,31,34). The third-order valence-corrected chi connectivity index (χ3v) is 6.27. The molecule has 176 valence electrons. The Labute approximate surface area is 205 Å². The number of para-hydroxylation sites is 2. The zero-order chi connectivity index (χ0) is 24.2. The number of nitrogens with one attached hydrogen (secondary N) is 1. The van der Waals surface area contributed by atoms with Gasteiger partial charge in [0.15, 0.2) is 0 Å². The molecule has 0 aliphatic rings. The molecule has 0 fully saturated rings. The number of fused-ring (bicyclic) bond motifs is 2. The second kappa shape index (κ2) is 10.0. The Morgan fingerprint density at radius 2 is 1.69 bits per heavy atom. The zero-order valence-electron chi connectivity index (χ0n) is 20.1. The molecule has 35 heavy (non-hydrogen) atoms. The van der Waals surface area contributed by atoms with Crippen molar-refractivity contribution in [2.24, 2.45) is 0 Å². The first-order valence-electron chi connectivity index (χ1n) is 12.0. The predicted octanol–water partition coefficient (Wildman–Crippen LogP) is 6.46. The summed E-state index contributed by atoms with van der Waals surface area (Å²) in [6.45, 7) is 5.32. The number of benzene rings is 4. The minimum absolute atomic E-state index is 0.101. The summed E-state index contributed by atoms with van der Waals surface area (Å²) < 4.78 is 8.35. The Balaban J connectivity index is 1.31. The van der Waals surface area contributed by atoms with Crippen LogP contribution < -0.4 is 10.1 Å². The SMILES string of the molecule is Cc1ccc(C(=O)NC(C)c2nc3ccccc3n2CCCOc2cccc3ccccc23)cc1. The van der Waals surface area contributed by atoms with Crippen molar-refractivity contribution >= 4 is 27.7 Å². The largest absolute Gasteiger partial charge is 0.493 e. The molecule has 1 heterocycles. The van der Waals surface area contributed by atoms with Crippen molar-refractivity contribution in [3.63, 3.8) is 0 Å². The number of carbonyl (C=O) groups is 1. The minimum Gasteiger partial charge on any atom is -0.493 e. The summed E-state index contributed by atoms with van der Waals surface area (Å²) in [6.07, 6.45) is 0.815. The predicted molar refractivity (Wildman–Crippen MR) is 141 cm³/mol. The van der Waals surface area contributed by atoms with E-state index in [4.69, 9.17) is 9.72 Å². The van der Waals surface area contributed by atoms with Crippen LogP contribution in [0.3, 0.4) is 0 Å². The fourth-order valence-corrected chi connectivity index (χ4v) is 4.44. The maximum atomic E-state index is 12.8. The molecule has 0 bridgehead atoms. The topological polar surface area (TPSA) is 56.2 Å². The van der Waals surface area contributed by atoms with Crippen LogP contribution in [-0.4, -0.2) is 22.1 Å². The highest BCUT2D eigenvalue weighted by Gasteiger charge is 2.19. The van der Waals surface area contributed by atoms with E-state index in [-0.39, 0.29) is 11.9 Å². The molecule has 0 aliphatic carbocycles. The van der Waals surface area contributed by atoms with Crippen LogP contribution in [0.2, 0.25) is 0 Å². The van der Waals surface area contributed by atoms with Crippen molar-refractivity contribution in [3.05, 3.63) is 108 Å². The maximum Gasteiger partial charge on any atom is 0.251 e. The molecule has 4 aromatic carbocycles. The van der Waals surface area contributed by atoms with Crippen molar-refractivity contribution < 1.29 is 9.53 Å². The zero-order valence-corrected chi connectivity index (χ0v) is 20.1. The third-order valence-electron chi connectivity index (χ3n) is 6.27. The van der Waals surface area contributed by atoms with E-state index in [1.54, 1.807) is 0 Å². The first-order valence-corrected chi connectivity index (χ1v) is 12.0. The van der Waals surface area contributed by atoms with Crippen LogP contribution in [-0.2, 0) is 6.54 Å². The lowest BCUT2D eigenvalue weighted by Crippen LogP contribution is -2.28. The van der Waals surface area contributed by atoms with E-state index in [2.05, 4.69) is 34.1 Å². The van der Waals surface area contributed by atoms with Crippen molar-refractivity contribution in [2.75, 3.05) is 6.61 Å². The highest BCUT2D eigenvalue weighted by molar-refractivity contribution is 5.94. The van der Waals surface area contributed by atoms with E-state index in [0.29, 0.717) is 12.2 Å². The van der Waals surface area contributed by atoms with Gasteiger partial charge in [0, 0.05) is 17.5 Å². The molecule has 0 saturated heterocycles. The minimum atomic E-state index is -0.241. The third kappa shape index (κ3) is 4.90. The summed E-state index contributed by atoms with van der Waals surface area (Å²) >= 11 is 0. The molecular formula is C30H29N3O2. The van der Waals surface area contributed by atoms with Gasteiger partial charge < -0.3 is 14.6 Å². The molecule has 5 aromatic rings. The molecule has 5 rings (SSSR count). The lowest BCUT2D eigenvalue weighted by Gasteiger charge is -2.17. The lowest BCUT2D eigenvalue weighted by molar-refractivity contribution is 0.0937. The summed E-state index contributed by atoms with van der Waals surface area (Å²) in [6, 6.07) is 29.8. The average molecular weight is 464 g/mol. The highest BCUT2D eigenvalue weighted by Crippen LogP contribution is 2.26. The normalized spacial score (nSPS) is 12.1. The van der Waals surface area contributed by atoms with E-state index in [1.807, 2.05) is 80.6 Å². The van der Waals surface area contributed by atoms with E-state index < -0.39 is 0 Å². The van der Waals surface area contributed by atoms with Gasteiger partial charge in [0.25, 0.3) is 5.91 Å². The number of nitrogens with zero attached hydrogens (tertiary/aromatic N) is 2. The van der Waals surface area contributed by atoms with Crippen LogP contribution in [0.1, 0.15) is 41.1 Å². The summed E-state index contributed by atoms with van der Waals surface area (Å²) in [4.78, 5) is 17.7. The number of rotatable bonds is 8. The average Bonchev–Trinajstić information content (AvgIpc) is 3.26. The molecule has 0 aliphatic heterocycles. The number of imidazole rings is 1. The van der Waals surface area contributed by atoms with E-state index >= 15 is 0 Å². The van der Waals surface area contributed by atoms with Crippen molar-refractivity contribution in [3.8, 4) is 5.75 Å². The quantitative estimate of drug-likeness (QED) is 0.269. The van der Waals surface area contributed by atoms with Gasteiger partial charge in [-0.05, 0) is 56.0 Å². The van der Waals surface area contributed by atoms with Gasteiger partial charge in [0.2, 0.25) is 0 Å². The van der Waals surface area contributed by atoms with Gasteiger partial charge in [-0.15, -0.1) is 0 Å². The number of aryl methyl sites for hydroxylation is 2. The van der Waals surface area contributed by atoms with Gasteiger partial charge in [0.1, 0.15) is 11.6 Å². The smallest absolute Gasteiger partial charge is 0.251 e. The molecule has 1 N–H and O–H groups in total. The molecule has 1 amide bonds. The molecule has 1 unspecified atom stereocenters. The second-order valence-corrected chi connectivity index (χ2v) is 8.85. The van der Waals surface area contributed by atoms with Crippen molar-refractivity contribution in [1.82, 2.24) is 14.9 Å². The monoisotopic (exact) mass is 463 g/mol. The van der Waals surface area contributed by atoms with E-state index in [1.165, 1.54) is 5.39 Å². The van der Waals surface area contributed by atoms with Crippen LogP contribution in [0, 0.1) is 6.92 Å². The number of amides is 1. The van der Waals surface area contributed by atoms with Crippen LogP contribution >= 0.6 is 0 Å². The summed E-state index contributed by atoms with van der Waals surface area (Å²) in [5.74, 6) is 1.64. The first kappa shape index (κ1) is 22.7. The summed E-state index contributed by atoms with van der Waals surface area (Å²) in [5, 5.41) is 5.41. The number of carbonyl (C=O) groups excluding carboxylic acids is 1. The second-order valence-electron chi connectivity index (χ2n) is 8.85. The molecule has 0 spiro atoms. The Kier molecular flexibility index (Phi) is 6.49. The van der Waals surface area contributed by atoms with Crippen LogP contribution in [0.15, 0.2) is 91.0 Å². The molecule has 1 aromatic heterocycles. The first-order chi connectivity index (χ1) is 17.1. The molecule has 5 heteroatoms. The number of hydrogen-bond donors (Lipinski definition) is 1. The number of ether oxygens (including phenoxy) is 1. The van der Waals surface area contributed by atoms with Crippen LogP contribution in [0.5, 0.6) is 5.75 Å². The molecule has 0 saturated carbocycles. The van der Waals surface area contributed by atoms with Gasteiger partial charge in [0.05, 0.1) is 23.7 Å². The van der Waals surface area contributed by atoms with Gasteiger partial charge in [-0.3, -0.25) is 4.79 Å². The molecular weight excluding hydrogens is 434 g/mol. The number of hydrogen-bond acceptors (Lipinski definition) is 3. The van der Waals surface area contributed by atoms with Crippen LogP contribution in [0.25, 0.3) is 21.8 Å². The molecule has 1 atom stereocenters. The Morgan fingerprint density at radius 3 is 2.54 bits per heavy atom. The fraction of sp³-hybridized carbons (Fsp3) is 0.200. The number of aromatic nitrogens is 2. The fourth-order valence-electron chi connectivity index (χ4n) is 4.44. The van der Waals surface area contributed by atoms with Gasteiger partial charge in [-0.25, -0.2) is 4.98 Å². The highest BCUT2D eigenvalue weighted by atomic mass is 16.5. The Hall–Kier alpha value is -4.12. The van der Waals surface area contributed by atoms with Crippen LogP contribution in [0.4, 0.5) is 0 Å². The van der Waals surface area contributed by atoms with Gasteiger partial charge >= 0.3 is 0 Å². The molecule has 5 nitrogen and oxygen atoms in total. The maximum absolute atomic E-state index is 12.8. The molecule has 0 radical (unpaired) electrons. The van der Waals surface area contributed by atoms with E-state index in [0.717, 1.165) is 46.5 Å². The van der Waals surface area contributed by atoms with Crippen molar-refractivity contribution in [2.45, 2.75) is 32.9 Å². The summed E-state index contributed by atoms with van der Waals surface area (Å²) in [5.41, 5.74) is 3.76. The Bertz CT molecular complexity index is 1470. The van der Waals surface area contributed by atoms with Gasteiger partial charge in [-0.2, -0.15) is 0 Å². The van der Waals surface area contributed by atoms with Gasteiger partial charge in [-0.1, -0.05) is 66.2 Å². The summed E-state index contributed by atoms with van der Waals surface area (Å²) in [7, 11) is 0.